The zero-order valence-corrected chi connectivity index (χ0v) is 13.6. The lowest BCUT2D eigenvalue weighted by atomic mass is 10.0. The number of hydrogen-bond acceptors (Lipinski definition) is 1. The maximum absolute atomic E-state index is 13.8. The van der Waals surface area contributed by atoms with E-state index < -0.39 is 0 Å². The SMILES string of the molecule is Cc1ccc(Cn2c3c(c4cc(F)ccc42)CN(C)CC3)cc1. The normalized spacial score (nSPS) is 15.1. The number of halogens is 1. The third kappa shape index (κ3) is 2.55. The summed E-state index contributed by atoms with van der Waals surface area (Å²) in [6, 6.07) is 13.9. The molecule has 0 spiro atoms. The van der Waals surface area contributed by atoms with E-state index in [-0.39, 0.29) is 5.82 Å². The zero-order valence-electron chi connectivity index (χ0n) is 13.6. The molecule has 1 aliphatic rings. The second-order valence-electron chi connectivity index (χ2n) is 6.65. The fraction of sp³-hybridized carbons (Fsp3) is 0.300. The zero-order chi connectivity index (χ0) is 16.0. The van der Waals surface area contributed by atoms with Gasteiger partial charge in [-0.1, -0.05) is 29.8 Å². The van der Waals surface area contributed by atoms with Crippen molar-refractivity contribution in [2.45, 2.75) is 26.4 Å². The van der Waals surface area contributed by atoms with E-state index in [4.69, 9.17) is 0 Å². The van der Waals surface area contributed by atoms with Gasteiger partial charge in [0.1, 0.15) is 5.82 Å². The number of hydrogen-bond donors (Lipinski definition) is 0. The second kappa shape index (κ2) is 5.50. The molecule has 0 N–H and O–H groups in total. The van der Waals surface area contributed by atoms with Crippen LogP contribution in [0.3, 0.4) is 0 Å². The molecule has 2 nitrogen and oxygen atoms in total. The van der Waals surface area contributed by atoms with Gasteiger partial charge in [-0.2, -0.15) is 0 Å². The molecule has 2 heterocycles. The van der Waals surface area contributed by atoms with Crippen molar-refractivity contribution < 1.29 is 4.39 Å². The maximum Gasteiger partial charge on any atom is 0.123 e. The van der Waals surface area contributed by atoms with Gasteiger partial charge < -0.3 is 9.47 Å². The van der Waals surface area contributed by atoms with Crippen LogP contribution in [-0.4, -0.2) is 23.1 Å². The van der Waals surface area contributed by atoms with Crippen LogP contribution in [-0.2, 0) is 19.5 Å². The molecule has 0 atom stereocenters. The minimum Gasteiger partial charge on any atom is -0.340 e. The van der Waals surface area contributed by atoms with Gasteiger partial charge in [0.2, 0.25) is 0 Å². The van der Waals surface area contributed by atoms with Crippen LogP contribution in [0, 0.1) is 12.7 Å². The first-order valence-electron chi connectivity index (χ1n) is 8.15. The third-order valence-electron chi connectivity index (χ3n) is 4.87. The lowest BCUT2D eigenvalue weighted by Crippen LogP contribution is -2.27. The number of aryl methyl sites for hydroxylation is 1. The van der Waals surface area contributed by atoms with E-state index in [1.807, 2.05) is 6.07 Å². The monoisotopic (exact) mass is 308 g/mol. The van der Waals surface area contributed by atoms with Gasteiger partial charge in [0.15, 0.2) is 0 Å². The van der Waals surface area contributed by atoms with E-state index in [1.165, 1.54) is 22.4 Å². The van der Waals surface area contributed by atoms with Crippen LogP contribution >= 0.6 is 0 Å². The van der Waals surface area contributed by atoms with Crippen molar-refractivity contribution in [3.8, 4) is 0 Å². The van der Waals surface area contributed by atoms with E-state index in [2.05, 4.69) is 47.7 Å². The predicted molar refractivity (Wildman–Crippen MR) is 92.2 cm³/mol. The number of likely N-dealkylation sites (N-methyl/N-ethyl adjacent to an activating group) is 1. The summed E-state index contributed by atoms with van der Waals surface area (Å²) in [7, 11) is 2.13. The average molecular weight is 308 g/mol. The summed E-state index contributed by atoms with van der Waals surface area (Å²) in [4.78, 5) is 2.31. The van der Waals surface area contributed by atoms with Crippen LogP contribution in [0.1, 0.15) is 22.4 Å². The highest BCUT2D eigenvalue weighted by molar-refractivity contribution is 5.86. The molecule has 0 fully saturated rings. The first-order valence-corrected chi connectivity index (χ1v) is 8.15. The highest BCUT2D eigenvalue weighted by atomic mass is 19.1. The average Bonchev–Trinajstić information content (AvgIpc) is 2.82. The summed E-state index contributed by atoms with van der Waals surface area (Å²) < 4.78 is 16.1. The predicted octanol–water partition coefficient (Wildman–Crippen LogP) is 4.13. The van der Waals surface area contributed by atoms with Crippen LogP contribution in [0.25, 0.3) is 10.9 Å². The van der Waals surface area contributed by atoms with Gasteiger partial charge >= 0.3 is 0 Å². The van der Waals surface area contributed by atoms with Crippen molar-refractivity contribution >= 4 is 10.9 Å². The second-order valence-corrected chi connectivity index (χ2v) is 6.65. The highest BCUT2D eigenvalue weighted by Gasteiger charge is 2.22. The van der Waals surface area contributed by atoms with Crippen molar-refractivity contribution in [2.75, 3.05) is 13.6 Å². The number of aromatic nitrogens is 1. The quantitative estimate of drug-likeness (QED) is 0.691. The van der Waals surface area contributed by atoms with Crippen LogP contribution in [0.2, 0.25) is 0 Å². The summed E-state index contributed by atoms with van der Waals surface area (Å²) in [5.74, 6) is -0.152. The molecular formula is C20H21FN2. The summed E-state index contributed by atoms with van der Waals surface area (Å²) in [5.41, 5.74) is 6.37. The Hall–Kier alpha value is -2.13. The Bertz CT molecular complexity index is 861. The van der Waals surface area contributed by atoms with Gasteiger partial charge in [0, 0.05) is 42.7 Å². The van der Waals surface area contributed by atoms with Crippen molar-refractivity contribution in [1.82, 2.24) is 9.47 Å². The number of rotatable bonds is 2. The molecule has 23 heavy (non-hydrogen) atoms. The van der Waals surface area contributed by atoms with Gasteiger partial charge in [-0.25, -0.2) is 4.39 Å². The summed E-state index contributed by atoms with van der Waals surface area (Å²) in [5, 5.41) is 1.07. The number of fused-ring (bicyclic) bond motifs is 3. The first-order chi connectivity index (χ1) is 11.1. The topological polar surface area (TPSA) is 8.17 Å². The Balaban J connectivity index is 1.86. The van der Waals surface area contributed by atoms with Gasteiger partial charge in [-0.15, -0.1) is 0 Å². The van der Waals surface area contributed by atoms with Crippen LogP contribution in [0.5, 0.6) is 0 Å². The minimum atomic E-state index is -0.152. The van der Waals surface area contributed by atoms with Crippen molar-refractivity contribution in [2.24, 2.45) is 0 Å². The smallest absolute Gasteiger partial charge is 0.123 e. The summed E-state index contributed by atoms with van der Waals surface area (Å²) >= 11 is 0. The fourth-order valence-corrected chi connectivity index (χ4v) is 3.61. The van der Waals surface area contributed by atoms with Crippen molar-refractivity contribution in [3.05, 3.63) is 70.7 Å². The van der Waals surface area contributed by atoms with Gasteiger partial charge in [-0.05, 0) is 43.3 Å². The van der Waals surface area contributed by atoms with E-state index in [9.17, 15) is 4.39 Å². The number of benzene rings is 2. The lowest BCUT2D eigenvalue weighted by molar-refractivity contribution is 0.310. The molecule has 0 saturated carbocycles. The fourth-order valence-electron chi connectivity index (χ4n) is 3.61. The Labute approximate surface area is 136 Å². The molecule has 3 aromatic rings. The molecule has 0 saturated heterocycles. The van der Waals surface area contributed by atoms with Gasteiger partial charge in [-0.3, -0.25) is 0 Å². The molecule has 2 aromatic carbocycles. The van der Waals surface area contributed by atoms with E-state index in [1.54, 1.807) is 12.1 Å². The van der Waals surface area contributed by atoms with E-state index in [0.29, 0.717) is 0 Å². The van der Waals surface area contributed by atoms with Gasteiger partial charge in [0.05, 0.1) is 0 Å². The largest absolute Gasteiger partial charge is 0.340 e. The lowest BCUT2D eigenvalue weighted by Gasteiger charge is -2.24. The molecular weight excluding hydrogens is 287 g/mol. The molecule has 118 valence electrons. The Morgan fingerprint density at radius 1 is 1.09 bits per heavy atom. The van der Waals surface area contributed by atoms with Gasteiger partial charge in [0.25, 0.3) is 0 Å². The Morgan fingerprint density at radius 3 is 2.65 bits per heavy atom. The summed E-state index contributed by atoms with van der Waals surface area (Å²) in [6.07, 6.45) is 1.02. The molecule has 3 heteroatoms. The Kier molecular flexibility index (Phi) is 3.46. The minimum absolute atomic E-state index is 0.152. The first kappa shape index (κ1) is 14.5. The number of nitrogens with zero attached hydrogens (tertiary/aromatic N) is 2. The van der Waals surface area contributed by atoms with Crippen LogP contribution < -0.4 is 0 Å². The van der Waals surface area contributed by atoms with Crippen LogP contribution in [0.4, 0.5) is 4.39 Å². The molecule has 0 unspecified atom stereocenters. The van der Waals surface area contributed by atoms with Crippen molar-refractivity contribution in [3.63, 3.8) is 0 Å². The van der Waals surface area contributed by atoms with Crippen molar-refractivity contribution in [1.29, 1.82) is 0 Å². The Morgan fingerprint density at radius 2 is 1.87 bits per heavy atom. The standard InChI is InChI=1S/C20H21FN2/c1-14-3-5-15(6-4-14)12-23-19-8-7-16(21)11-17(19)18-13-22(2)10-9-20(18)23/h3-8,11H,9-10,12-13H2,1-2H3. The molecule has 0 aliphatic carbocycles. The molecule has 4 rings (SSSR count). The third-order valence-corrected chi connectivity index (χ3v) is 4.87. The van der Waals surface area contributed by atoms with Crippen LogP contribution in [0.15, 0.2) is 42.5 Å². The van der Waals surface area contributed by atoms with E-state index >= 15 is 0 Å². The molecule has 1 aromatic heterocycles. The highest BCUT2D eigenvalue weighted by Crippen LogP contribution is 2.31. The van der Waals surface area contributed by atoms with E-state index in [0.717, 1.165) is 37.0 Å². The molecule has 0 bridgehead atoms. The molecule has 0 amide bonds. The molecule has 1 aliphatic heterocycles. The summed E-state index contributed by atoms with van der Waals surface area (Å²) in [6.45, 7) is 4.91. The maximum atomic E-state index is 13.8. The molecule has 0 radical (unpaired) electrons.